The van der Waals surface area contributed by atoms with E-state index in [9.17, 15) is 27.5 Å². The van der Waals surface area contributed by atoms with Crippen LogP contribution in [0.1, 0.15) is 71.0 Å². The number of hydrogen-bond donors (Lipinski definition) is 1. The fourth-order valence-electron chi connectivity index (χ4n) is 6.59. The molecule has 5 heterocycles. The summed E-state index contributed by atoms with van der Waals surface area (Å²) < 4.78 is 80.6. The van der Waals surface area contributed by atoms with Crippen LogP contribution in [0, 0.1) is 12.7 Å². The van der Waals surface area contributed by atoms with Gasteiger partial charge in [0.15, 0.2) is 17.2 Å². The second kappa shape index (κ2) is 12.1. The van der Waals surface area contributed by atoms with Crippen LogP contribution in [0.4, 0.5) is 17.6 Å². The van der Waals surface area contributed by atoms with Gasteiger partial charge in [-0.25, -0.2) is 19.2 Å². The first kappa shape index (κ1) is 32.4. The molecule has 48 heavy (non-hydrogen) atoms. The Morgan fingerprint density at radius 3 is 2.50 bits per heavy atom. The molecule has 15 heteroatoms. The van der Waals surface area contributed by atoms with E-state index in [1.807, 2.05) is 16.7 Å². The second-order valence-corrected chi connectivity index (χ2v) is 12.8. The molecule has 2 aromatic carbocycles. The summed E-state index contributed by atoms with van der Waals surface area (Å²) >= 11 is 5.96. The first-order chi connectivity index (χ1) is 22.8. The Labute approximate surface area is 277 Å². The van der Waals surface area contributed by atoms with Crippen molar-refractivity contribution >= 4 is 17.6 Å². The zero-order valence-electron chi connectivity index (χ0n) is 25.9. The minimum absolute atomic E-state index is 0.0504. The zero-order chi connectivity index (χ0) is 34.0. The average molecular weight is 691 g/mol. The van der Waals surface area contributed by atoms with E-state index in [1.54, 1.807) is 32.0 Å². The molecule has 1 N–H and O–H groups in total. The highest BCUT2D eigenvalue weighted by molar-refractivity contribution is 6.30. The summed E-state index contributed by atoms with van der Waals surface area (Å²) in [6.07, 6.45) is -2.73. The quantitative estimate of drug-likeness (QED) is 0.192. The van der Waals surface area contributed by atoms with Gasteiger partial charge in [0, 0.05) is 29.8 Å². The van der Waals surface area contributed by atoms with Gasteiger partial charge in [0.2, 0.25) is 11.7 Å². The standard InChI is InChI=1S/C33H31ClF4N4O6/c1-17-26(30-40-29(33(36,37)38)28(46-30)31(43)44)39-25(42(17)15-20-10-13-45-20)16-41-11-8-18(9-12-41)21-4-3-5-24-27(21)48-32(2,47-24)22-7-6-19(34)14-23(22)35/h3-7,14,18,20H,8-13,15-16H2,1-2H3,(H,43,44)/t20-,32-/m0/s1. The molecule has 2 saturated heterocycles. The van der Waals surface area contributed by atoms with Gasteiger partial charge in [0.05, 0.1) is 24.8 Å². The molecule has 0 amide bonds. The number of piperidine rings is 1. The number of imidazole rings is 1. The van der Waals surface area contributed by atoms with Crippen molar-refractivity contribution in [3.05, 3.63) is 81.3 Å². The number of aromatic nitrogens is 3. The normalized spacial score (nSPS) is 21.4. The van der Waals surface area contributed by atoms with Gasteiger partial charge < -0.3 is 28.3 Å². The molecule has 2 fully saturated rings. The van der Waals surface area contributed by atoms with E-state index in [-0.39, 0.29) is 28.3 Å². The molecule has 0 unspecified atom stereocenters. The lowest BCUT2D eigenvalue weighted by molar-refractivity contribution is -0.141. The van der Waals surface area contributed by atoms with Crippen LogP contribution in [0.5, 0.6) is 11.5 Å². The van der Waals surface area contributed by atoms with E-state index in [4.69, 9.17) is 30.2 Å². The van der Waals surface area contributed by atoms with Crippen molar-refractivity contribution < 1.29 is 46.1 Å². The number of aromatic carboxylic acids is 1. The van der Waals surface area contributed by atoms with Gasteiger partial charge >= 0.3 is 12.1 Å². The van der Waals surface area contributed by atoms with Gasteiger partial charge in [-0.15, -0.1) is 0 Å². The Hall–Kier alpha value is -4.14. The molecule has 0 bridgehead atoms. The largest absolute Gasteiger partial charge is 0.475 e. The zero-order valence-corrected chi connectivity index (χ0v) is 26.7. The van der Waals surface area contributed by atoms with Gasteiger partial charge in [-0.2, -0.15) is 13.2 Å². The minimum Gasteiger partial charge on any atom is -0.475 e. The van der Waals surface area contributed by atoms with E-state index in [0.717, 1.165) is 24.8 Å². The highest BCUT2D eigenvalue weighted by atomic mass is 35.5. The number of carbonyl (C=O) groups is 1. The Bertz CT molecular complexity index is 1880. The number of carboxylic acid groups (broad SMARTS) is 1. The predicted molar refractivity (Wildman–Crippen MR) is 162 cm³/mol. The third-order valence-corrected chi connectivity index (χ3v) is 9.43. The van der Waals surface area contributed by atoms with Crippen LogP contribution in [0.2, 0.25) is 5.02 Å². The highest BCUT2D eigenvalue weighted by Crippen LogP contribution is 2.50. The highest BCUT2D eigenvalue weighted by Gasteiger charge is 2.44. The number of alkyl halides is 3. The number of likely N-dealkylation sites (tertiary alicyclic amines) is 1. The monoisotopic (exact) mass is 690 g/mol. The molecular formula is C33H31ClF4N4O6. The first-order valence-corrected chi connectivity index (χ1v) is 15.9. The number of para-hydroxylation sites is 1. The maximum absolute atomic E-state index is 14.8. The average Bonchev–Trinajstić information content (AvgIpc) is 3.69. The SMILES string of the molecule is Cc1c(-c2nc(C(F)(F)F)c(C(=O)O)o2)nc(CN2CCC(c3cccc4c3O[C@@](C)(c3ccc(Cl)cc3F)O4)CC2)n1C[C@@H]1CCO1. The molecule has 0 spiro atoms. The van der Waals surface area contributed by atoms with Crippen LogP contribution in [0.3, 0.4) is 0 Å². The number of fused-ring (bicyclic) bond motifs is 1. The molecule has 0 saturated carbocycles. The van der Waals surface area contributed by atoms with E-state index >= 15 is 0 Å². The molecular weight excluding hydrogens is 660 g/mol. The van der Waals surface area contributed by atoms with Gasteiger partial charge in [0.1, 0.15) is 17.3 Å². The first-order valence-electron chi connectivity index (χ1n) is 15.5. The van der Waals surface area contributed by atoms with Gasteiger partial charge in [0.25, 0.3) is 5.79 Å². The summed E-state index contributed by atoms with van der Waals surface area (Å²) in [5.74, 6) is -3.73. The summed E-state index contributed by atoms with van der Waals surface area (Å²) in [6.45, 7) is 6.17. The number of nitrogens with zero attached hydrogens (tertiary/aromatic N) is 4. The third kappa shape index (κ3) is 5.90. The van der Waals surface area contributed by atoms with Crippen LogP contribution in [-0.2, 0) is 29.8 Å². The molecule has 0 radical (unpaired) electrons. The fourth-order valence-corrected chi connectivity index (χ4v) is 6.75. The summed E-state index contributed by atoms with van der Waals surface area (Å²) in [6, 6.07) is 10.0. The lowest BCUT2D eigenvalue weighted by Crippen LogP contribution is -2.35. The third-order valence-electron chi connectivity index (χ3n) is 9.20. The minimum atomic E-state index is -5.01. The topological polar surface area (TPSA) is 112 Å². The van der Waals surface area contributed by atoms with Crippen molar-refractivity contribution in [2.45, 2.75) is 70.2 Å². The maximum atomic E-state index is 14.8. The molecule has 2 atom stereocenters. The van der Waals surface area contributed by atoms with Crippen molar-refractivity contribution in [1.29, 1.82) is 0 Å². The molecule has 254 valence electrons. The van der Waals surface area contributed by atoms with Crippen LogP contribution < -0.4 is 9.47 Å². The summed E-state index contributed by atoms with van der Waals surface area (Å²) in [5.41, 5.74) is 0.143. The number of ether oxygens (including phenoxy) is 3. The van der Waals surface area contributed by atoms with Gasteiger partial charge in [-0.3, -0.25) is 4.90 Å². The Kier molecular flexibility index (Phi) is 8.15. The second-order valence-electron chi connectivity index (χ2n) is 12.4. The lowest BCUT2D eigenvalue weighted by Gasteiger charge is -2.33. The Morgan fingerprint density at radius 1 is 1.12 bits per heavy atom. The van der Waals surface area contributed by atoms with E-state index in [1.165, 1.54) is 6.07 Å². The number of rotatable bonds is 8. The fraction of sp³-hybridized carbons (Fsp3) is 0.424. The van der Waals surface area contributed by atoms with Crippen molar-refractivity contribution in [3.8, 4) is 23.1 Å². The molecule has 10 nitrogen and oxygen atoms in total. The van der Waals surface area contributed by atoms with Crippen molar-refractivity contribution in [2.24, 2.45) is 0 Å². The molecule has 7 rings (SSSR count). The predicted octanol–water partition coefficient (Wildman–Crippen LogP) is 7.17. The van der Waals surface area contributed by atoms with Gasteiger partial charge in [-0.05, 0) is 69.5 Å². The number of hydrogen-bond acceptors (Lipinski definition) is 8. The molecule has 0 aliphatic carbocycles. The molecule has 3 aliphatic rings. The number of carboxylic acids is 1. The van der Waals surface area contributed by atoms with Crippen molar-refractivity contribution in [1.82, 2.24) is 19.4 Å². The summed E-state index contributed by atoms with van der Waals surface area (Å²) in [7, 11) is 0. The molecule has 4 aromatic rings. The number of oxazole rings is 1. The number of halogens is 5. The molecule has 2 aromatic heterocycles. The van der Waals surface area contributed by atoms with Crippen LogP contribution in [0.25, 0.3) is 11.6 Å². The van der Waals surface area contributed by atoms with E-state index in [2.05, 4.69) is 14.9 Å². The smallest absolute Gasteiger partial charge is 0.437 e. The Balaban J connectivity index is 1.10. The summed E-state index contributed by atoms with van der Waals surface area (Å²) in [4.78, 5) is 21.9. The van der Waals surface area contributed by atoms with Gasteiger partial charge in [-0.1, -0.05) is 23.7 Å². The van der Waals surface area contributed by atoms with Crippen LogP contribution >= 0.6 is 11.6 Å². The van der Waals surface area contributed by atoms with Crippen molar-refractivity contribution in [3.63, 3.8) is 0 Å². The number of benzene rings is 2. The van der Waals surface area contributed by atoms with Crippen LogP contribution in [0.15, 0.2) is 40.8 Å². The summed E-state index contributed by atoms with van der Waals surface area (Å²) in [5, 5.41) is 9.60. The van der Waals surface area contributed by atoms with Crippen molar-refractivity contribution in [2.75, 3.05) is 19.7 Å². The van der Waals surface area contributed by atoms with E-state index < -0.39 is 41.1 Å². The van der Waals surface area contributed by atoms with Crippen LogP contribution in [-0.4, -0.2) is 56.3 Å². The lowest BCUT2D eigenvalue weighted by atomic mass is 9.88. The van der Waals surface area contributed by atoms with E-state index in [0.29, 0.717) is 55.8 Å². The molecule has 3 aliphatic heterocycles. The Morgan fingerprint density at radius 2 is 1.88 bits per heavy atom. The maximum Gasteiger partial charge on any atom is 0.437 e.